The van der Waals surface area contributed by atoms with Gasteiger partial charge in [0.2, 0.25) is 0 Å². The summed E-state index contributed by atoms with van der Waals surface area (Å²) in [5.41, 5.74) is -0.603. The Morgan fingerprint density at radius 1 is 1.33 bits per heavy atom. The largest absolute Gasteiger partial charge is 0.468 e. The monoisotopic (exact) mass is 258 g/mol. The van der Waals surface area contributed by atoms with Crippen molar-refractivity contribution in [2.75, 3.05) is 27.2 Å². The molecular formula is C14H30N2O2. The van der Waals surface area contributed by atoms with Crippen molar-refractivity contribution >= 4 is 5.97 Å². The van der Waals surface area contributed by atoms with Crippen molar-refractivity contribution in [3.8, 4) is 0 Å². The number of ether oxygens (including phenoxy) is 1. The van der Waals surface area contributed by atoms with Crippen LogP contribution in [0.1, 0.15) is 47.0 Å². The van der Waals surface area contributed by atoms with Gasteiger partial charge in [-0.2, -0.15) is 0 Å². The van der Waals surface area contributed by atoms with Gasteiger partial charge < -0.3 is 15.0 Å². The Kier molecular flexibility index (Phi) is 8.20. The minimum atomic E-state index is -0.603. The van der Waals surface area contributed by atoms with Crippen LogP contribution in [0.3, 0.4) is 0 Å². The van der Waals surface area contributed by atoms with Crippen LogP contribution in [-0.4, -0.2) is 49.7 Å². The van der Waals surface area contributed by atoms with E-state index in [0.717, 1.165) is 32.4 Å². The van der Waals surface area contributed by atoms with E-state index < -0.39 is 5.54 Å². The summed E-state index contributed by atoms with van der Waals surface area (Å²) in [4.78, 5) is 14.3. The summed E-state index contributed by atoms with van der Waals surface area (Å²) < 4.78 is 4.89. The lowest BCUT2D eigenvalue weighted by atomic mass is 9.93. The fourth-order valence-electron chi connectivity index (χ4n) is 2.36. The van der Waals surface area contributed by atoms with Crippen LogP contribution in [0.4, 0.5) is 0 Å². The van der Waals surface area contributed by atoms with Crippen molar-refractivity contribution in [1.82, 2.24) is 10.2 Å². The lowest BCUT2D eigenvalue weighted by molar-refractivity contribution is -0.148. The predicted molar refractivity (Wildman–Crippen MR) is 75.7 cm³/mol. The number of hydrogen-bond donors (Lipinski definition) is 1. The molecule has 0 aromatic rings. The van der Waals surface area contributed by atoms with Gasteiger partial charge in [0.25, 0.3) is 0 Å². The number of rotatable bonds is 9. The number of hydrogen-bond acceptors (Lipinski definition) is 4. The van der Waals surface area contributed by atoms with Crippen molar-refractivity contribution < 1.29 is 9.53 Å². The summed E-state index contributed by atoms with van der Waals surface area (Å²) in [5, 5.41) is 3.10. The molecule has 0 saturated carbocycles. The maximum atomic E-state index is 11.8. The molecule has 0 spiro atoms. The number of carbonyl (C=O) groups excluding carboxylic acids is 1. The number of methoxy groups -OCH3 is 1. The zero-order valence-corrected chi connectivity index (χ0v) is 12.9. The first kappa shape index (κ1) is 17.4. The van der Waals surface area contributed by atoms with Crippen LogP contribution >= 0.6 is 0 Å². The molecular weight excluding hydrogens is 228 g/mol. The molecule has 0 aliphatic heterocycles. The van der Waals surface area contributed by atoms with Crippen LogP contribution < -0.4 is 5.32 Å². The van der Waals surface area contributed by atoms with Gasteiger partial charge in [-0.25, -0.2) is 0 Å². The van der Waals surface area contributed by atoms with Gasteiger partial charge in [0.05, 0.1) is 7.11 Å². The Labute approximate surface area is 112 Å². The number of likely N-dealkylation sites (N-methyl/N-ethyl adjacent to an activating group) is 1. The highest BCUT2D eigenvalue weighted by atomic mass is 16.5. The Hall–Kier alpha value is -0.610. The van der Waals surface area contributed by atoms with Crippen molar-refractivity contribution in [2.45, 2.75) is 58.5 Å². The summed E-state index contributed by atoms with van der Waals surface area (Å²) in [7, 11) is 3.26. The van der Waals surface area contributed by atoms with E-state index in [1.165, 1.54) is 7.11 Å². The fraction of sp³-hybridized carbons (Fsp3) is 0.929. The average molecular weight is 258 g/mol. The highest BCUT2D eigenvalue weighted by Gasteiger charge is 2.35. The first-order valence-electron chi connectivity index (χ1n) is 6.96. The molecule has 0 aromatic carbocycles. The summed E-state index contributed by atoms with van der Waals surface area (Å²) in [5.74, 6) is -0.190. The number of nitrogens with zero attached hydrogens (tertiary/aromatic N) is 1. The second-order valence-corrected chi connectivity index (χ2v) is 5.16. The maximum absolute atomic E-state index is 11.8. The van der Waals surface area contributed by atoms with Crippen molar-refractivity contribution in [3.63, 3.8) is 0 Å². The first-order chi connectivity index (χ1) is 8.45. The lowest BCUT2D eigenvalue weighted by Crippen LogP contribution is -2.52. The van der Waals surface area contributed by atoms with E-state index in [2.05, 4.69) is 31.0 Å². The highest BCUT2D eigenvalue weighted by Crippen LogP contribution is 2.18. The number of carbonyl (C=O) groups is 1. The molecule has 0 heterocycles. The fourth-order valence-corrected chi connectivity index (χ4v) is 2.36. The average Bonchev–Trinajstić information content (AvgIpc) is 2.37. The minimum Gasteiger partial charge on any atom is -0.468 e. The zero-order valence-electron chi connectivity index (χ0n) is 12.9. The van der Waals surface area contributed by atoms with Crippen LogP contribution in [0.25, 0.3) is 0 Å². The molecule has 0 aliphatic carbocycles. The summed E-state index contributed by atoms with van der Waals surface area (Å²) in [6, 6.07) is 0.362. The molecule has 0 bridgehead atoms. The van der Waals surface area contributed by atoms with E-state index in [1.54, 1.807) is 0 Å². The van der Waals surface area contributed by atoms with E-state index in [-0.39, 0.29) is 5.97 Å². The Bertz CT molecular complexity index is 240. The zero-order chi connectivity index (χ0) is 14.2. The van der Waals surface area contributed by atoms with Gasteiger partial charge in [-0.1, -0.05) is 13.8 Å². The number of esters is 1. The third-order valence-electron chi connectivity index (χ3n) is 3.54. The quantitative estimate of drug-likeness (QED) is 0.643. The van der Waals surface area contributed by atoms with E-state index >= 15 is 0 Å². The van der Waals surface area contributed by atoms with Gasteiger partial charge in [0.15, 0.2) is 0 Å². The molecule has 2 unspecified atom stereocenters. The third-order valence-corrected chi connectivity index (χ3v) is 3.54. The SMILES string of the molecule is CCCN(CCC)C(C)CC(C)(NC)C(=O)OC. The summed E-state index contributed by atoms with van der Waals surface area (Å²) in [6.45, 7) is 10.6. The smallest absolute Gasteiger partial charge is 0.325 e. The predicted octanol–water partition coefficient (Wildman–Crippen LogP) is 2.04. The maximum Gasteiger partial charge on any atom is 0.325 e. The van der Waals surface area contributed by atoms with Crippen LogP contribution in [-0.2, 0) is 9.53 Å². The van der Waals surface area contributed by atoms with Crippen molar-refractivity contribution in [2.24, 2.45) is 0 Å². The van der Waals surface area contributed by atoms with Crippen LogP contribution in [0.15, 0.2) is 0 Å². The van der Waals surface area contributed by atoms with Gasteiger partial charge in [0, 0.05) is 6.04 Å². The molecule has 2 atom stereocenters. The Morgan fingerprint density at radius 3 is 2.17 bits per heavy atom. The first-order valence-corrected chi connectivity index (χ1v) is 6.96. The Balaban J connectivity index is 4.65. The minimum absolute atomic E-state index is 0.190. The molecule has 0 radical (unpaired) electrons. The summed E-state index contributed by atoms with van der Waals surface area (Å²) in [6.07, 6.45) is 3.04. The highest BCUT2D eigenvalue weighted by molar-refractivity contribution is 5.80. The topological polar surface area (TPSA) is 41.6 Å². The van der Waals surface area contributed by atoms with E-state index in [1.807, 2.05) is 14.0 Å². The van der Waals surface area contributed by atoms with Gasteiger partial charge >= 0.3 is 5.97 Å². The molecule has 108 valence electrons. The summed E-state index contributed by atoms with van der Waals surface area (Å²) >= 11 is 0. The molecule has 0 aliphatic rings. The van der Waals surface area contributed by atoms with Crippen molar-refractivity contribution in [1.29, 1.82) is 0 Å². The molecule has 4 heteroatoms. The van der Waals surface area contributed by atoms with Gasteiger partial charge in [-0.05, 0) is 53.2 Å². The van der Waals surface area contributed by atoms with Crippen LogP contribution in [0, 0.1) is 0 Å². The lowest BCUT2D eigenvalue weighted by Gasteiger charge is -2.35. The standard InChI is InChI=1S/C14H30N2O2/c1-7-9-16(10-8-2)12(3)11-14(4,15-5)13(17)18-6/h12,15H,7-11H2,1-6H3. The molecule has 0 amide bonds. The second kappa shape index (κ2) is 8.48. The molecule has 0 aromatic heterocycles. The van der Waals surface area contributed by atoms with Crippen molar-refractivity contribution in [3.05, 3.63) is 0 Å². The number of nitrogens with one attached hydrogen (secondary N) is 1. The van der Waals surface area contributed by atoms with E-state index in [0.29, 0.717) is 6.04 Å². The van der Waals surface area contributed by atoms with E-state index in [4.69, 9.17) is 4.74 Å². The van der Waals surface area contributed by atoms with Crippen LogP contribution in [0.5, 0.6) is 0 Å². The van der Waals surface area contributed by atoms with Gasteiger partial charge in [-0.3, -0.25) is 4.79 Å². The van der Waals surface area contributed by atoms with Gasteiger partial charge in [-0.15, -0.1) is 0 Å². The Morgan fingerprint density at radius 2 is 1.83 bits per heavy atom. The molecule has 18 heavy (non-hydrogen) atoms. The molecule has 0 saturated heterocycles. The normalized spacial score (nSPS) is 16.4. The molecule has 4 nitrogen and oxygen atoms in total. The molecule has 1 N–H and O–H groups in total. The van der Waals surface area contributed by atoms with Crippen LogP contribution in [0.2, 0.25) is 0 Å². The van der Waals surface area contributed by atoms with E-state index in [9.17, 15) is 4.79 Å². The second-order valence-electron chi connectivity index (χ2n) is 5.16. The molecule has 0 rings (SSSR count). The third kappa shape index (κ3) is 4.94. The molecule has 0 fully saturated rings. The van der Waals surface area contributed by atoms with Gasteiger partial charge in [0.1, 0.15) is 5.54 Å².